The van der Waals surface area contributed by atoms with Crippen molar-refractivity contribution in [3.8, 4) is 0 Å². The fourth-order valence-electron chi connectivity index (χ4n) is 1.35. The van der Waals surface area contributed by atoms with E-state index in [1.165, 1.54) is 11.3 Å². The van der Waals surface area contributed by atoms with Gasteiger partial charge in [0.05, 0.1) is 11.2 Å². The van der Waals surface area contributed by atoms with E-state index in [4.69, 9.17) is 5.11 Å². The molecule has 0 saturated carbocycles. The molecule has 0 aromatic carbocycles. The molecule has 1 aromatic heterocycles. The van der Waals surface area contributed by atoms with E-state index >= 15 is 0 Å². The first-order chi connectivity index (χ1) is 6.98. The van der Waals surface area contributed by atoms with Crippen LogP contribution in [-0.2, 0) is 11.3 Å². The summed E-state index contributed by atoms with van der Waals surface area (Å²) in [5, 5.41) is 11.1. The van der Waals surface area contributed by atoms with E-state index in [-0.39, 0.29) is 0 Å². The van der Waals surface area contributed by atoms with Crippen LogP contribution in [-0.4, -0.2) is 33.0 Å². The molecule has 5 heteroatoms. The van der Waals surface area contributed by atoms with Gasteiger partial charge in [-0.2, -0.15) is 0 Å². The summed E-state index contributed by atoms with van der Waals surface area (Å²) in [6.45, 7) is 6.66. The number of carbonyl (C=O) groups is 1. The summed E-state index contributed by atoms with van der Waals surface area (Å²) in [6, 6.07) is 0. The van der Waals surface area contributed by atoms with Crippen LogP contribution >= 0.6 is 11.3 Å². The number of carboxylic acid groups (broad SMARTS) is 1. The molecule has 0 amide bonds. The molecule has 0 fully saturated rings. The highest BCUT2D eigenvalue weighted by molar-refractivity contribution is 7.07. The molecule has 0 bridgehead atoms. The number of aromatic nitrogens is 1. The minimum atomic E-state index is -0.849. The van der Waals surface area contributed by atoms with Crippen molar-refractivity contribution >= 4 is 17.3 Å². The van der Waals surface area contributed by atoms with E-state index in [0.717, 1.165) is 5.69 Å². The third-order valence-corrected chi connectivity index (χ3v) is 3.17. The molecule has 0 saturated heterocycles. The number of nitrogens with zero attached hydrogens (tertiary/aromatic N) is 2. The average molecular weight is 228 g/mol. The average Bonchev–Trinajstić information content (AvgIpc) is 2.65. The number of rotatable bonds is 5. The lowest BCUT2D eigenvalue weighted by molar-refractivity contribution is -0.149. The van der Waals surface area contributed by atoms with Crippen LogP contribution in [0.15, 0.2) is 10.9 Å². The van der Waals surface area contributed by atoms with E-state index in [9.17, 15) is 4.79 Å². The van der Waals surface area contributed by atoms with Gasteiger partial charge in [-0.25, -0.2) is 4.98 Å². The van der Waals surface area contributed by atoms with Crippen molar-refractivity contribution in [2.75, 3.05) is 6.54 Å². The molecule has 15 heavy (non-hydrogen) atoms. The number of aliphatic carboxylic acids is 1. The third kappa shape index (κ3) is 2.76. The first-order valence-electron chi connectivity index (χ1n) is 4.84. The normalized spacial score (nSPS) is 12.0. The number of carboxylic acids is 1. The first-order valence-corrected chi connectivity index (χ1v) is 5.78. The van der Waals surface area contributed by atoms with Crippen LogP contribution in [0.1, 0.15) is 26.5 Å². The van der Waals surface area contributed by atoms with Gasteiger partial charge in [-0.3, -0.25) is 9.69 Å². The molecule has 0 atom stereocenters. The number of hydrogen-bond donors (Lipinski definition) is 1. The molecule has 4 nitrogen and oxygen atoms in total. The van der Waals surface area contributed by atoms with Crippen molar-refractivity contribution in [2.45, 2.75) is 32.9 Å². The van der Waals surface area contributed by atoms with Gasteiger partial charge in [-0.05, 0) is 20.4 Å². The molecular weight excluding hydrogens is 212 g/mol. The summed E-state index contributed by atoms with van der Waals surface area (Å²) in [5.41, 5.74) is 1.84. The molecule has 1 heterocycles. The van der Waals surface area contributed by atoms with Crippen molar-refractivity contribution < 1.29 is 9.90 Å². The smallest absolute Gasteiger partial charge is 0.323 e. The molecule has 0 spiro atoms. The number of likely N-dealkylation sites (N-methyl/N-ethyl adjacent to an activating group) is 1. The Morgan fingerprint density at radius 3 is 2.73 bits per heavy atom. The quantitative estimate of drug-likeness (QED) is 0.835. The second-order valence-electron chi connectivity index (χ2n) is 3.86. The van der Waals surface area contributed by atoms with Gasteiger partial charge in [0, 0.05) is 11.9 Å². The molecule has 0 aliphatic heterocycles. The zero-order valence-corrected chi connectivity index (χ0v) is 10.0. The molecule has 84 valence electrons. The van der Waals surface area contributed by atoms with Gasteiger partial charge in [-0.1, -0.05) is 6.92 Å². The molecular formula is C10H16N2O2S. The molecule has 0 aliphatic rings. The summed E-state index contributed by atoms with van der Waals surface area (Å²) in [5.74, 6) is -0.806. The number of thiazole rings is 1. The zero-order chi connectivity index (χ0) is 11.5. The highest BCUT2D eigenvalue weighted by Crippen LogP contribution is 2.17. The largest absolute Gasteiger partial charge is 0.480 e. The van der Waals surface area contributed by atoms with Crippen LogP contribution in [0.5, 0.6) is 0 Å². The van der Waals surface area contributed by atoms with Crippen LogP contribution in [0.2, 0.25) is 0 Å². The Hall–Kier alpha value is -0.940. The van der Waals surface area contributed by atoms with Gasteiger partial charge in [0.2, 0.25) is 0 Å². The van der Waals surface area contributed by atoms with Crippen LogP contribution < -0.4 is 0 Å². The maximum absolute atomic E-state index is 11.1. The fraction of sp³-hybridized carbons (Fsp3) is 0.600. The third-order valence-electron chi connectivity index (χ3n) is 2.53. The Morgan fingerprint density at radius 2 is 2.33 bits per heavy atom. The summed E-state index contributed by atoms with van der Waals surface area (Å²) >= 11 is 1.53. The molecule has 1 rings (SSSR count). The maximum atomic E-state index is 11.1. The Bertz CT molecular complexity index is 322. The van der Waals surface area contributed by atoms with E-state index in [2.05, 4.69) is 4.98 Å². The monoisotopic (exact) mass is 228 g/mol. The lowest BCUT2D eigenvalue weighted by Gasteiger charge is -2.33. The first kappa shape index (κ1) is 12.1. The van der Waals surface area contributed by atoms with Crippen LogP contribution in [0.4, 0.5) is 0 Å². The minimum absolute atomic E-state index is 0.583. The Balaban J connectivity index is 2.76. The fourth-order valence-corrected chi connectivity index (χ4v) is 1.90. The lowest BCUT2D eigenvalue weighted by Crippen LogP contribution is -2.49. The predicted molar refractivity (Wildman–Crippen MR) is 59.9 cm³/mol. The lowest BCUT2D eigenvalue weighted by atomic mass is 10.0. The van der Waals surface area contributed by atoms with Gasteiger partial charge in [0.25, 0.3) is 0 Å². The van der Waals surface area contributed by atoms with Crippen molar-refractivity contribution in [3.63, 3.8) is 0 Å². The summed E-state index contributed by atoms with van der Waals surface area (Å²) in [7, 11) is 0. The van der Waals surface area contributed by atoms with Gasteiger partial charge in [0.15, 0.2) is 0 Å². The van der Waals surface area contributed by atoms with Crippen molar-refractivity contribution in [1.29, 1.82) is 0 Å². The Kier molecular flexibility index (Phi) is 3.82. The summed E-state index contributed by atoms with van der Waals surface area (Å²) in [4.78, 5) is 17.1. The summed E-state index contributed by atoms with van der Waals surface area (Å²) < 4.78 is 0. The molecule has 1 N–H and O–H groups in total. The van der Waals surface area contributed by atoms with Crippen LogP contribution in [0.3, 0.4) is 0 Å². The van der Waals surface area contributed by atoms with Crippen LogP contribution in [0, 0.1) is 0 Å². The second-order valence-corrected chi connectivity index (χ2v) is 4.58. The molecule has 1 aromatic rings. The van der Waals surface area contributed by atoms with Gasteiger partial charge < -0.3 is 5.11 Å². The molecule has 0 aliphatic carbocycles. The standard InChI is InChI=1S/C10H16N2O2S/c1-4-12(10(2,3)9(13)14)5-8-6-15-7-11-8/h6-7H,4-5H2,1-3H3,(H,13,14). The Labute approximate surface area is 93.6 Å². The van der Waals surface area contributed by atoms with E-state index in [1.807, 2.05) is 17.2 Å². The van der Waals surface area contributed by atoms with E-state index in [0.29, 0.717) is 13.1 Å². The van der Waals surface area contributed by atoms with Gasteiger partial charge in [-0.15, -0.1) is 11.3 Å². The topological polar surface area (TPSA) is 53.4 Å². The molecule has 0 radical (unpaired) electrons. The minimum Gasteiger partial charge on any atom is -0.480 e. The SMILES string of the molecule is CCN(Cc1cscn1)C(C)(C)C(=O)O. The van der Waals surface area contributed by atoms with Crippen molar-refractivity contribution in [2.24, 2.45) is 0 Å². The Morgan fingerprint density at radius 1 is 1.67 bits per heavy atom. The van der Waals surface area contributed by atoms with Gasteiger partial charge in [0.1, 0.15) is 5.54 Å². The highest BCUT2D eigenvalue weighted by atomic mass is 32.1. The van der Waals surface area contributed by atoms with E-state index in [1.54, 1.807) is 19.4 Å². The molecule has 0 unspecified atom stereocenters. The number of hydrogen-bond acceptors (Lipinski definition) is 4. The second kappa shape index (κ2) is 4.72. The van der Waals surface area contributed by atoms with Crippen LogP contribution in [0.25, 0.3) is 0 Å². The highest BCUT2D eigenvalue weighted by Gasteiger charge is 2.33. The zero-order valence-electron chi connectivity index (χ0n) is 9.23. The van der Waals surface area contributed by atoms with Crippen molar-refractivity contribution in [1.82, 2.24) is 9.88 Å². The maximum Gasteiger partial charge on any atom is 0.323 e. The summed E-state index contributed by atoms with van der Waals surface area (Å²) in [6.07, 6.45) is 0. The van der Waals surface area contributed by atoms with Gasteiger partial charge >= 0.3 is 5.97 Å². The predicted octanol–water partition coefficient (Wildman–Crippen LogP) is 1.83. The van der Waals surface area contributed by atoms with E-state index < -0.39 is 11.5 Å². The van der Waals surface area contributed by atoms with Crippen molar-refractivity contribution in [3.05, 3.63) is 16.6 Å².